The van der Waals surface area contributed by atoms with Gasteiger partial charge >= 0.3 is 0 Å². The first-order valence-corrected chi connectivity index (χ1v) is 7.89. The van der Waals surface area contributed by atoms with Crippen molar-refractivity contribution in [3.05, 3.63) is 60.2 Å². The highest BCUT2D eigenvalue weighted by molar-refractivity contribution is 5.98. The summed E-state index contributed by atoms with van der Waals surface area (Å²) in [6, 6.07) is 15.2. The lowest BCUT2D eigenvalue weighted by atomic mass is 10.0. The van der Waals surface area contributed by atoms with Gasteiger partial charge in [0, 0.05) is 0 Å². The van der Waals surface area contributed by atoms with Crippen LogP contribution >= 0.6 is 0 Å². The highest BCUT2D eigenvalue weighted by atomic mass is 16.3. The number of aromatic hydroxyl groups is 1. The fraction of sp³-hybridized carbons (Fsp3) is 0.263. The molecule has 0 aliphatic heterocycles. The van der Waals surface area contributed by atoms with Crippen LogP contribution in [0.15, 0.2) is 54.6 Å². The van der Waals surface area contributed by atoms with Gasteiger partial charge in [-0.25, -0.2) is 0 Å². The summed E-state index contributed by atoms with van der Waals surface area (Å²) < 4.78 is 0. The Kier molecular flexibility index (Phi) is 5.95. The van der Waals surface area contributed by atoms with Crippen LogP contribution in [0.1, 0.15) is 19.4 Å². The van der Waals surface area contributed by atoms with E-state index in [1.54, 1.807) is 18.2 Å². The van der Waals surface area contributed by atoms with Crippen LogP contribution < -0.4 is 10.6 Å². The predicted molar refractivity (Wildman–Crippen MR) is 93.7 cm³/mol. The Labute approximate surface area is 141 Å². The van der Waals surface area contributed by atoms with E-state index in [9.17, 15) is 14.7 Å². The van der Waals surface area contributed by atoms with Crippen LogP contribution in [-0.4, -0.2) is 23.0 Å². The topological polar surface area (TPSA) is 78.4 Å². The summed E-state index contributed by atoms with van der Waals surface area (Å²) in [4.78, 5) is 24.7. The van der Waals surface area contributed by atoms with Crippen LogP contribution in [0, 0.1) is 5.92 Å². The van der Waals surface area contributed by atoms with Gasteiger partial charge in [0.05, 0.1) is 12.1 Å². The Morgan fingerprint density at radius 1 is 1.00 bits per heavy atom. The lowest BCUT2D eigenvalue weighted by Gasteiger charge is -2.22. The molecule has 2 rings (SSSR count). The standard InChI is InChI=1S/C19H22N2O3/c1-13(2)18(19(24)20-15-10-6-7-11-16(15)22)21-17(23)12-14-8-4-3-5-9-14/h3-11,13,18,22H,12H2,1-2H3,(H,20,24)(H,21,23)/t18-/m0/s1. The molecule has 0 saturated heterocycles. The average Bonchev–Trinajstić information content (AvgIpc) is 2.55. The van der Waals surface area contributed by atoms with E-state index < -0.39 is 6.04 Å². The molecule has 5 heteroatoms. The van der Waals surface area contributed by atoms with Gasteiger partial charge in [0.2, 0.25) is 11.8 Å². The number of amides is 2. The van der Waals surface area contributed by atoms with Crippen molar-refractivity contribution in [3.8, 4) is 5.75 Å². The van der Waals surface area contributed by atoms with Crippen molar-refractivity contribution < 1.29 is 14.7 Å². The number of phenolic OH excluding ortho intramolecular Hbond substituents is 1. The first kappa shape index (κ1) is 17.5. The normalized spacial score (nSPS) is 11.8. The third kappa shape index (κ3) is 4.84. The minimum atomic E-state index is -0.680. The maximum atomic E-state index is 12.5. The van der Waals surface area contributed by atoms with Crippen LogP contribution in [0.2, 0.25) is 0 Å². The maximum absolute atomic E-state index is 12.5. The quantitative estimate of drug-likeness (QED) is 0.714. The Morgan fingerprint density at radius 3 is 2.25 bits per heavy atom. The number of hydrogen-bond donors (Lipinski definition) is 3. The lowest BCUT2D eigenvalue weighted by Crippen LogP contribution is -2.47. The van der Waals surface area contributed by atoms with Crippen LogP contribution in [0.25, 0.3) is 0 Å². The van der Waals surface area contributed by atoms with Crippen molar-refractivity contribution in [1.29, 1.82) is 0 Å². The Balaban J connectivity index is 2.02. The van der Waals surface area contributed by atoms with Crippen LogP contribution in [0.3, 0.4) is 0 Å². The second-order valence-electron chi connectivity index (χ2n) is 5.96. The van der Waals surface area contributed by atoms with E-state index in [4.69, 9.17) is 0 Å². The number of carbonyl (C=O) groups excluding carboxylic acids is 2. The number of rotatable bonds is 6. The van der Waals surface area contributed by atoms with Gasteiger partial charge in [-0.3, -0.25) is 9.59 Å². The molecule has 1 atom stereocenters. The highest BCUT2D eigenvalue weighted by Gasteiger charge is 2.24. The summed E-state index contributed by atoms with van der Waals surface area (Å²) in [6.07, 6.45) is 0.216. The molecular weight excluding hydrogens is 304 g/mol. The summed E-state index contributed by atoms with van der Waals surface area (Å²) in [7, 11) is 0. The number of anilines is 1. The number of carbonyl (C=O) groups is 2. The van der Waals surface area contributed by atoms with E-state index in [1.165, 1.54) is 6.07 Å². The Hall–Kier alpha value is -2.82. The number of phenols is 1. The largest absolute Gasteiger partial charge is 0.506 e. The number of para-hydroxylation sites is 2. The minimum Gasteiger partial charge on any atom is -0.506 e. The zero-order chi connectivity index (χ0) is 17.5. The molecule has 0 aliphatic carbocycles. The minimum absolute atomic E-state index is 0.0102. The molecule has 2 amide bonds. The molecule has 24 heavy (non-hydrogen) atoms. The van der Waals surface area contributed by atoms with Crippen molar-refractivity contribution in [2.24, 2.45) is 5.92 Å². The number of nitrogens with one attached hydrogen (secondary N) is 2. The molecular formula is C19H22N2O3. The molecule has 0 aliphatic rings. The van der Waals surface area contributed by atoms with Crippen molar-refractivity contribution in [3.63, 3.8) is 0 Å². The van der Waals surface area contributed by atoms with Crippen molar-refractivity contribution in [2.45, 2.75) is 26.3 Å². The van der Waals surface area contributed by atoms with Gasteiger partial charge in [-0.1, -0.05) is 56.3 Å². The molecule has 3 N–H and O–H groups in total. The summed E-state index contributed by atoms with van der Waals surface area (Å²) in [5.74, 6) is -0.667. The van der Waals surface area contributed by atoms with Crippen LogP contribution in [0.5, 0.6) is 5.75 Å². The maximum Gasteiger partial charge on any atom is 0.247 e. The second kappa shape index (κ2) is 8.15. The molecule has 0 bridgehead atoms. The first-order chi connectivity index (χ1) is 11.5. The van der Waals surface area contributed by atoms with Gasteiger partial charge in [-0.05, 0) is 23.6 Å². The molecule has 0 fully saturated rings. The van der Waals surface area contributed by atoms with Gasteiger partial charge in [0.25, 0.3) is 0 Å². The first-order valence-electron chi connectivity index (χ1n) is 7.89. The predicted octanol–water partition coefficient (Wildman–Crippen LogP) is 2.71. The monoisotopic (exact) mass is 326 g/mol. The molecule has 5 nitrogen and oxygen atoms in total. The SMILES string of the molecule is CC(C)[C@H](NC(=O)Cc1ccccc1)C(=O)Nc1ccccc1O. The molecule has 0 radical (unpaired) electrons. The summed E-state index contributed by atoms with van der Waals surface area (Å²) in [5.41, 5.74) is 1.21. The summed E-state index contributed by atoms with van der Waals surface area (Å²) in [6.45, 7) is 3.72. The molecule has 0 spiro atoms. The third-order valence-corrected chi connectivity index (χ3v) is 3.64. The zero-order valence-electron chi connectivity index (χ0n) is 13.8. The fourth-order valence-electron chi connectivity index (χ4n) is 2.33. The van der Waals surface area contributed by atoms with Gasteiger partial charge < -0.3 is 15.7 Å². The van der Waals surface area contributed by atoms with E-state index in [-0.39, 0.29) is 29.9 Å². The molecule has 0 heterocycles. The molecule has 2 aromatic carbocycles. The van der Waals surface area contributed by atoms with Crippen LogP contribution in [0.4, 0.5) is 5.69 Å². The van der Waals surface area contributed by atoms with Gasteiger partial charge in [0.1, 0.15) is 11.8 Å². The molecule has 2 aromatic rings. The molecule has 0 saturated carbocycles. The highest BCUT2D eigenvalue weighted by Crippen LogP contribution is 2.22. The summed E-state index contributed by atoms with van der Waals surface area (Å²) in [5, 5.41) is 15.2. The van der Waals surface area contributed by atoms with E-state index in [1.807, 2.05) is 44.2 Å². The Morgan fingerprint density at radius 2 is 1.62 bits per heavy atom. The molecule has 0 unspecified atom stereocenters. The van der Waals surface area contributed by atoms with Crippen LogP contribution in [-0.2, 0) is 16.0 Å². The van der Waals surface area contributed by atoms with E-state index in [2.05, 4.69) is 10.6 Å². The van der Waals surface area contributed by atoms with Crippen molar-refractivity contribution >= 4 is 17.5 Å². The molecule has 0 aromatic heterocycles. The van der Waals surface area contributed by atoms with Gasteiger partial charge in [0.15, 0.2) is 0 Å². The second-order valence-corrected chi connectivity index (χ2v) is 5.96. The smallest absolute Gasteiger partial charge is 0.247 e. The van der Waals surface area contributed by atoms with E-state index in [0.29, 0.717) is 5.69 Å². The Bertz CT molecular complexity index is 699. The zero-order valence-corrected chi connectivity index (χ0v) is 13.8. The lowest BCUT2D eigenvalue weighted by molar-refractivity contribution is -0.127. The van der Waals surface area contributed by atoms with E-state index in [0.717, 1.165) is 5.56 Å². The number of hydrogen-bond acceptors (Lipinski definition) is 3. The summed E-state index contributed by atoms with van der Waals surface area (Å²) >= 11 is 0. The van der Waals surface area contributed by atoms with Gasteiger partial charge in [-0.15, -0.1) is 0 Å². The third-order valence-electron chi connectivity index (χ3n) is 3.64. The fourth-order valence-corrected chi connectivity index (χ4v) is 2.33. The number of benzene rings is 2. The van der Waals surface area contributed by atoms with Crippen molar-refractivity contribution in [2.75, 3.05) is 5.32 Å². The average molecular weight is 326 g/mol. The molecule has 126 valence electrons. The van der Waals surface area contributed by atoms with Gasteiger partial charge in [-0.2, -0.15) is 0 Å². The van der Waals surface area contributed by atoms with Crippen molar-refractivity contribution in [1.82, 2.24) is 5.32 Å². The van der Waals surface area contributed by atoms with E-state index >= 15 is 0 Å².